The van der Waals surface area contributed by atoms with Crippen molar-refractivity contribution < 1.29 is 9.53 Å². The summed E-state index contributed by atoms with van der Waals surface area (Å²) in [5.41, 5.74) is 2.71. The Balaban J connectivity index is 1.88. The molecule has 0 bridgehead atoms. The van der Waals surface area contributed by atoms with E-state index in [9.17, 15) is 14.4 Å². The first kappa shape index (κ1) is 18.0. The van der Waals surface area contributed by atoms with E-state index in [0.717, 1.165) is 11.1 Å². The largest absolute Gasteiger partial charge is 0.497 e. The minimum absolute atomic E-state index is 0.222. The zero-order valence-electron chi connectivity index (χ0n) is 16.3. The molecular weight excluding hydrogens is 384 g/mol. The van der Waals surface area contributed by atoms with E-state index < -0.39 is 17.2 Å². The van der Waals surface area contributed by atoms with Crippen LogP contribution in [0.15, 0.2) is 58.1 Å². The highest BCUT2D eigenvalue weighted by Gasteiger charge is 2.37. The predicted octanol–water partition coefficient (Wildman–Crippen LogP) is 2.31. The van der Waals surface area contributed by atoms with Crippen LogP contribution in [-0.4, -0.2) is 27.6 Å². The zero-order chi connectivity index (χ0) is 21.0. The Morgan fingerprint density at radius 1 is 0.967 bits per heavy atom. The van der Waals surface area contributed by atoms with Crippen LogP contribution in [0.25, 0.3) is 22.3 Å². The zero-order valence-corrected chi connectivity index (χ0v) is 16.3. The third-order valence-corrected chi connectivity index (χ3v) is 5.57. The van der Waals surface area contributed by atoms with Crippen molar-refractivity contribution in [3.8, 4) is 17.0 Å². The minimum Gasteiger partial charge on any atom is -0.497 e. The molecule has 4 aromatic rings. The number of aromatic nitrogens is 3. The van der Waals surface area contributed by atoms with Crippen molar-refractivity contribution in [1.29, 1.82) is 0 Å². The number of rotatable bonds is 3. The Bertz CT molecular complexity index is 1430. The van der Waals surface area contributed by atoms with Crippen LogP contribution in [0, 0.1) is 0 Å². The van der Waals surface area contributed by atoms with Gasteiger partial charge in [-0.1, -0.05) is 18.2 Å². The normalized spacial score (nSPS) is 15.3. The van der Waals surface area contributed by atoms with Crippen LogP contribution in [0.4, 0.5) is 5.69 Å². The van der Waals surface area contributed by atoms with Gasteiger partial charge in [0.1, 0.15) is 11.4 Å². The van der Waals surface area contributed by atoms with Crippen LogP contribution < -0.4 is 21.3 Å². The molecule has 1 atom stereocenters. The molecule has 1 amide bonds. The highest BCUT2D eigenvalue weighted by molar-refractivity contribution is 6.08. The van der Waals surface area contributed by atoms with Crippen molar-refractivity contribution in [1.82, 2.24) is 14.5 Å². The monoisotopic (exact) mass is 402 g/mol. The average Bonchev–Trinajstić information content (AvgIpc) is 3.29. The smallest absolute Gasteiger partial charge is 0.329 e. The maximum Gasteiger partial charge on any atom is 0.329 e. The third-order valence-electron chi connectivity index (χ3n) is 5.57. The number of ether oxygens (including phenoxy) is 1. The molecule has 0 saturated carbocycles. The second kappa shape index (κ2) is 6.48. The summed E-state index contributed by atoms with van der Waals surface area (Å²) >= 11 is 0. The number of hydrogen-bond acceptors (Lipinski definition) is 4. The number of nitrogens with zero attached hydrogens (tertiary/aromatic N) is 1. The van der Waals surface area contributed by atoms with E-state index in [1.165, 1.54) is 4.57 Å². The highest BCUT2D eigenvalue weighted by atomic mass is 16.5. The Morgan fingerprint density at radius 3 is 2.43 bits per heavy atom. The fourth-order valence-electron chi connectivity index (χ4n) is 4.10. The predicted molar refractivity (Wildman–Crippen MR) is 113 cm³/mol. The van der Waals surface area contributed by atoms with Crippen LogP contribution in [0.3, 0.4) is 0 Å². The summed E-state index contributed by atoms with van der Waals surface area (Å²) in [6, 6.07) is 14.7. The lowest BCUT2D eigenvalue weighted by Gasteiger charge is -2.12. The van der Waals surface area contributed by atoms with Crippen molar-refractivity contribution >= 4 is 22.6 Å². The lowest BCUT2D eigenvalue weighted by atomic mass is 9.89. The quantitative estimate of drug-likeness (QED) is 0.489. The fourth-order valence-corrected chi connectivity index (χ4v) is 4.10. The van der Waals surface area contributed by atoms with Crippen LogP contribution in [0.5, 0.6) is 5.75 Å². The van der Waals surface area contributed by atoms with Gasteiger partial charge in [0.2, 0.25) is 5.91 Å². The Morgan fingerprint density at radius 2 is 1.70 bits per heavy atom. The first-order chi connectivity index (χ1) is 14.5. The molecule has 0 aliphatic carbocycles. The van der Waals surface area contributed by atoms with Gasteiger partial charge in [-0.2, -0.15) is 0 Å². The molecule has 0 saturated heterocycles. The molecule has 3 heterocycles. The summed E-state index contributed by atoms with van der Waals surface area (Å²) in [5, 5.41) is 3.18. The maximum absolute atomic E-state index is 13.0. The Hall–Kier alpha value is -4.07. The van der Waals surface area contributed by atoms with E-state index in [2.05, 4.69) is 15.3 Å². The van der Waals surface area contributed by atoms with Crippen molar-refractivity contribution in [2.24, 2.45) is 7.05 Å². The fraction of sp³-hybridized carbons (Fsp3) is 0.136. The highest BCUT2D eigenvalue weighted by Crippen LogP contribution is 2.43. The SMILES string of the molecule is COc1ccc(-c2[nH]c3c(c2[C@@H]2C(=O)Nc4ccccc42)c(=O)[nH]c(=O)n3C)cc1. The topological polar surface area (TPSA) is 109 Å². The van der Waals surface area contributed by atoms with Gasteiger partial charge in [-0.15, -0.1) is 0 Å². The van der Waals surface area contributed by atoms with E-state index in [4.69, 9.17) is 4.74 Å². The maximum atomic E-state index is 13.0. The van der Waals surface area contributed by atoms with Crippen molar-refractivity contribution in [3.63, 3.8) is 0 Å². The van der Waals surface area contributed by atoms with E-state index in [1.54, 1.807) is 26.3 Å². The Kier molecular flexibility index (Phi) is 3.89. The number of fused-ring (bicyclic) bond motifs is 2. The minimum atomic E-state index is -0.689. The molecule has 30 heavy (non-hydrogen) atoms. The van der Waals surface area contributed by atoms with E-state index in [1.807, 2.05) is 36.4 Å². The van der Waals surface area contributed by atoms with Crippen molar-refractivity contribution in [2.75, 3.05) is 12.4 Å². The summed E-state index contributed by atoms with van der Waals surface area (Å²) in [5.74, 6) is -0.226. The number of H-pyrrole nitrogens is 2. The van der Waals surface area contributed by atoms with Gasteiger partial charge in [-0.25, -0.2) is 4.79 Å². The number of amides is 1. The molecular formula is C22H18N4O4. The number of hydrogen-bond donors (Lipinski definition) is 3. The lowest BCUT2D eigenvalue weighted by molar-refractivity contribution is -0.116. The number of aromatic amines is 2. The number of carbonyl (C=O) groups excluding carboxylic acids is 1. The molecule has 2 aromatic carbocycles. The summed E-state index contributed by atoms with van der Waals surface area (Å²) in [6.07, 6.45) is 0. The van der Waals surface area contributed by atoms with Crippen LogP contribution >= 0.6 is 0 Å². The Labute approximate surface area is 170 Å². The van der Waals surface area contributed by atoms with Gasteiger partial charge in [0.15, 0.2) is 0 Å². The summed E-state index contributed by atoms with van der Waals surface area (Å²) in [7, 11) is 3.15. The number of para-hydroxylation sites is 1. The van der Waals surface area contributed by atoms with Gasteiger partial charge in [-0.05, 0) is 41.5 Å². The van der Waals surface area contributed by atoms with Gasteiger partial charge >= 0.3 is 5.69 Å². The number of aryl methyl sites for hydroxylation is 1. The summed E-state index contributed by atoms with van der Waals surface area (Å²) < 4.78 is 6.58. The molecule has 8 nitrogen and oxygen atoms in total. The van der Waals surface area contributed by atoms with E-state index in [0.29, 0.717) is 33.7 Å². The number of carbonyl (C=O) groups is 1. The van der Waals surface area contributed by atoms with Crippen molar-refractivity contribution in [2.45, 2.75) is 5.92 Å². The van der Waals surface area contributed by atoms with E-state index in [-0.39, 0.29) is 5.91 Å². The first-order valence-corrected chi connectivity index (χ1v) is 9.38. The number of benzene rings is 2. The summed E-state index contributed by atoms with van der Waals surface area (Å²) in [4.78, 5) is 43.6. The molecule has 0 unspecified atom stereocenters. The number of nitrogens with one attached hydrogen (secondary N) is 3. The molecule has 2 aromatic heterocycles. The van der Waals surface area contributed by atoms with Gasteiger partial charge in [-0.3, -0.25) is 19.1 Å². The van der Waals surface area contributed by atoms with E-state index >= 15 is 0 Å². The standard InChI is InChI=1S/C22H18N4O4/c1-26-19-17(21(28)25-22(26)29)16(15-13-5-3-4-6-14(13)23-20(15)27)18(24-19)11-7-9-12(30-2)10-8-11/h3-10,15,24H,1-2H3,(H,23,27)(H,25,28,29)/t15-/m1/s1. The molecule has 0 spiro atoms. The van der Waals surface area contributed by atoms with Crippen molar-refractivity contribution in [3.05, 3.63) is 80.5 Å². The first-order valence-electron chi connectivity index (χ1n) is 9.38. The molecule has 0 fully saturated rings. The van der Waals surface area contributed by atoms with Gasteiger partial charge in [0.25, 0.3) is 5.56 Å². The molecule has 8 heteroatoms. The average molecular weight is 402 g/mol. The molecule has 5 rings (SSSR count). The third kappa shape index (κ3) is 2.50. The second-order valence-electron chi connectivity index (χ2n) is 7.19. The molecule has 1 aliphatic rings. The molecule has 3 N–H and O–H groups in total. The molecule has 0 radical (unpaired) electrons. The van der Waals surface area contributed by atoms with Gasteiger partial charge in [0, 0.05) is 18.3 Å². The molecule has 150 valence electrons. The van der Waals surface area contributed by atoms with Gasteiger partial charge < -0.3 is 15.0 Å². The molecule has 1 aliphatic heterocycles. The van der Waals surface area contributed by atoms with Gasteiger partial charge in [0.05, 0.1) is 24.1 Å². The van der Waals surface area contributed by atoms with Crippen LogP contribution in [0.2, 0.25) is 0 Å². The van der Waals surface area contributed by atoms with Crippen LogP contribution in [-0.2, 0) is 11.8 Å². The lowest BCUT2D eigenvalue weighted by Crippen LogP contribution is -2.28. The number of methoxy groups -OCH3 is 1. The number of anilines is 1. The second-order valence-corrected chi connectivity index (χ2v) is 7.19. The summed E-state index contributed by atoms with van der Waals surface area (Å²) in [6.45, 7) is 0. The van der Waals surface area contributed by atoms with Crippen LogP contribution in [0.1, 0.15) is 17.0 Å².